The highest BCUT2D eigenvalue weighted by molar-refractivity contribution is 7.90. The van der Waals surface area contributed by atoms with Crippen molar-refractivity contribution in [1.82, 2.24) is 9.47 Å². The second kappa shape index (κ2) is 13.9. The van der Waals surface area contributed by atoms with Crippen LogP contribution in [0.2, 0.25) is 0 Å². The molecule has 1 saturated carbocycles. The molecule has 0 atom stereocenters. The van der Waals surface area contributed by atoms with Crippen molar-refractivity contribution in [3.63, 3.8) is 0 Å². The number of aromatic nitrogens is 1. The molecular formula is C33H38F6N4O3S. The van der Waals surface area contributed by atoms with E-state index < -0.39 is 34.7 Å². The van der Waals surface area contributed by atoms with E-state index in [-0.39, 0.29) is 47.8 Å². The van der Waals surface area contributed by atoms with Gasteiger partial charge in [0.25, 0.3) is 0 Å². The van der Waals surface area contributed by atoms with E-state index in [0.717, 1.165) is 36.5 Å². The van der Waals surface area contributed by atoms with E-state index >= 15 is 0 Å². The van der Waals surface area contributed by atoms with Crippen LogP contribution in [0.25, 0.3) is 10.9 Å². The zero-order valence-electron chi connectivity index (χ0n) is 26.1. The Kier molecular flexibility index (Phi) is 10.3. The lowest BCUT2D eigenvalue weighted by Crippen LogP contribution is -2.46. The van der Waals surface area contributed by atoms with Crippen molar-refractivity contribution in [2.24, 2.45) is 5.92 Å². The first-order chi connectivity index (χ1) is 22.1. The largest absolute Gasteiger partial charge is 0.495 e. The van der Waals surface area contributed by atoms with Crippen LogP contribution in [0.5, 0.6) is 5.75 Å². The van der Waals surface area contributed by atoms with Crippen LogP contribution in [0.4, 0.5) is 37.7 Å². The van der Waals surface area contributed by atoms with Crippen LogP contribution in [0.3, 0.4) is 0 Å². The number of piperidine rings is 1. The standard InChI is InChI=1S/C33H38F6N4O3S/c1-46-31-20-26(47(2,44)45)12-13-29(31)40-16-4-5-25-19-27-28(6-3-7-30(27)43(25)21-32(34,35)36)41-23-8-10-24(11-9-23)42-17-14-22(15-18-42)33(37,38)39/h3,6-7,12-13,19-20,22-24,40-41H,8-11,14-18,21H2,1-2H3/t23-,24-. The van der Waals surface area contributed by atoms with Gasteiger partial charge in [0.1, 0.15) is 12.3 Å². The maximum absolute atomic E-state index is 13.7. The third-order valence-electron chi connectivity index (χ3n) is 9.03. The summed E-state index contributed by atoms with van der Waals surface area (Å²) < 4.78 is 110. The fraction of sp³-hybridized carbons (Fsp3) is 0.515. The van der Waals surface area contributed by atoms with Crippen LogP contribution in [0, 0.1) is 17.8 Å². The molecule has 2 aromatic carbocycles. The molecule has 14 heteroatoms. The fourth-order valence-electron chi connectivity index (χ4n) is 6.58. The van der Waals surface area contributed by atoms with Crippen molar-refractivity contribution in [2.75, 3.05) is 43.6 Å². The van der Waals surface area contributed by atoms with Gasteiger partial charge < -0.3 is 24.8 Å². The van der Waals surface area contributed by atoms with Gasteiger partial charge >= 0.3 is 12.4 Å². The molecule has 47 heavy (non-hydrogen) atoms. The number of methoxy groups -OCH3 is 1. The first-order valence-electron chi connectivity index (χ1n) is 15.5. The monoisotopic (exact) mass is 684 g/mol. The number of nitrogens with zero attached hydrogens (tertiary/aromatic N) is 2. The zero-order valence-corrected chi connectivity index (χ0v) is 27.0. The van der Waals surface area contributed by atoms with Gasteiger partial charge in [0.2, 0.25) is 0 Å². The summed E-state index contributed by atoms with van der Waals surface area (Å²) in [6, 6.07) is 11.5. The molecule has 7 nitrogen and oxygen atoms in total. The van der Waals surface area contributed by atoms with Gasteiger partial charge in [-0.3, -0.25) is 0 Å². The van der Waals surface area contributed by atoms with Crippen molar-refractivity contribution >= 4 is 32.1 Å². The maximum atomic E-state index is 13.7. The number of likely N-dealkylation sites (tertiary alicyclic amines) is 1. The summed E-state index contributed by atoms with van der Waals surface area (Å²) in [5.41, 5.74) is 1.77. The second-order valence-electron chi connectivity index (χ2n) is 12.3. The molecular weight excluding hydrogens is 646 g/mol. The highest BCUT2D eigenvalue weighted by atomic mass is 32.2. The SMILES string of the molecule is COc1cc(S(C)(=O)=O)ccc1NCC#Cc1cc2c(N[C@H]3CC[C@H](N4CCC(C(F)(F)F)CC4)CC3)cccc2n1CC(F)(F)F. The summed E-state index contributed by atoms with van der Waals surface area (Å²) in [6.07, 6.45) is -3.99. The number of sulfone groups is 1. The third-order valence-corrected chi connectivity index (χ3v) is 10.1. The lowest BCUT2D eigenvalue weighted by molar-refractivity contribution is -0.186. The Hall–Kier alpha value is -3.57. The Bertz CT molecular complexity index is 1730. The van der Waals surface area contributed by atoms with Crippen molar-refractivity contribution in [3.8, 4) is 17.6 Å². The minimum Gasteiger partial charge on any atom is -0.495 e. The molecule has 0 spiro atoms. The van der Waals surface area contributed by atoms with Crippen molar-refractivity contribution in [2.45, 2.75) is 74.4 Å². The molecule has 0 amide bonds. The molecule has 2 N–H and O–H groups in total. The Labute approximate surface area is 270 Å². The van der Waals surface area contributed by atoms with E-state index in [1.807, 2.05) is 6.07 Å². The third kappa shape index (κ3) is 8.67. The van der Waals surface area contributed by atoms with Crippen molar-refractivity contribution in [1.29, 1.82) is 0 Å². The van der Waals surface area contributed by atoms with Crippen LogP contribution in [-0.2, 0) is 16.4 Å². The minimum atomic E-state index is -4.48. The van der Waals surface area contributed by atoms with Crippen molar-refractivity contribution in [3.05, 3.63) is 48.2 Å². The van der Waals surface area contributed by atoms with Crippen LogP contribution in [-0.4, -0.2) is 75.3 Å². The van der Waals surface area contributed by atoms with E-state index in [2.05, 4.69) is 27.4 Å². The molecule has 2 aliphatic rings. The van der Waals surface area contributed by atoms with Gasteiger partial charge in [0, 0.05) is 35.5 Å². The summed E-state index contributed by atoms with van der Waals surface area (Å²) in [7, 11) is -2.04. The van der Waals surface area contributed by atoms with Crippen molar-refractivity contribution < 1.29 is 39.5 Å². The minimum absolute atomic E-state index is 0.0599. The second-order valence-corrected chi connectivity index (χ2v) is 14.3. The highest BCUT2D eigenvalue weighted by Crippen LogP contribution is 2.37. The lowest BCUT2D eigenvalue weighted by atomic mass is 9.87. The predicted octanol–water partition coefficient (Wildman–Crippen LogP) is 7.08. The molecule has 1 aliphatic carbocycles. The van der Waals surface area contributed by atoms with E-state index in [1.165, 1.54) is 19.2 Å². The topological polar surface area (TPSA) is 75.6 Å². The van der Waals surface area contributed by atoms with E-state index in [9.17, 15) is 34.8 Å². The highest BCUT2D eigenvalue weighted by Gasteiger charge is 2.42. The van der Waals surface area contributed by atoms with Gasteiger partial charge in [-0.1, -0.05) is 12.0 Å². The smallest absolute Gasteiger partial charge is 0.406 e. The van der Waals surface area contributed by atoms with Gasteiger partial charge in [0.05, 0.1) is 41.4 Å². The number of rotatable bonds is 8. The number of nitrogens with one attached hydrogen (secondary N) is 2. The van der Waals surface area contributed by atoms with Crippen LogP contribution in [0.1, 0.15) is 44.2 Å². The molecule has 0 unspecified atom stereocenters. The van der Waals surface area contributed by atoms with Gasteiger partial charge in [0.15, 0.2) is 9.84 Å². The molecule has 1 aliphatic heterocycles. The van der Waals surface area contributed by atoms with E-state index in [4.69, 9.17) is 4.74 Å². The first kappa shape index (κ1) is 34.8. The number of benzene rings is 2. The number of halogens is 6. The normalized spacial score (nSPS) is 20.1. The number of hydrogen-bond acceptors (Lipinski definition) is 6. The van der Waals surface area contributed by atoms with Gasteiger partial charge in [-0.2, -0.15) is 26.3 Å². The van der Waals surface area contributed by atoms with Crippen LogP contribution < -0.4 is 15.4 Å². The molecule has 5 rings (SSSR count). The molecule has 0 bridgehead atoms. The fourth-order valence-corrected chi connectivity index (χ4v) is 7.22. The number of hydrogen-bond donors (Lipinski definition) is 2. The number of ether oxygens (including phenoxy) is 1. The van der Waals surface area contributed by atoms with E-state index in [1.54, 1.807) is 24.3 Å². The number of alkyl halides is 6. The molecule has 3 aromatic rings. The van der Waals surface area contributed by atoms with Gasteiger partial charge in [-0.15, -0.1) is 0 Å². The summed E-state index contributed by atoms with van der Waals surface area (Å²) in [4.78, 5) is 2.27. The lowest BCUT2D eigenvalue weighted by Gasteiger charge is -2.41. The van der Waals surface area contributed by atoms with Gasteiger partial charge in [-0.25, -0.2) is 8.42 Å². The maximum Gasteiger partial charge on any atom is 0.406 e. The number of fused-ring (bicyclic) bond motifs is 1. The molecule has 2 heterocycles. The van der Waals surface area contributed by atoms with Gasteiger partial charge in [-0.05, 0) is 87.9 Å². The Morgan fingerprint density at radius 1 is 0.936 bits per heavy atom. The Balaban J connectivity index is 1.28. The Morgan fingerprint density at radius 2 is 1.64 bits per heavy atom. The van der Waals surface area contributed by atoms with Crippen LogP contribution >= 0.6 is 0 Å². The predicted molar refractivity (Wildman–Crippen MR) is 169 cm³/mol. The summed E-state index contributed by atoms with van der Waals surface area (Å²) >= 11 is 0. The summed E-state index contributed by atoms with van der Waals surface area (Å²) in [6.45, 7) is -0.263. The average Bonchev–Trinajstić information content (AvgIpc) is 3.35. The summed E-state index contributed by atoms with van der Waals surface area (Å²) in [5, 5.41) is 7.15. The van der Waals surface area contributed by atoms with Crippen LogP contribution in [0.15, 0.2) is 47.4 Å². The summed E-state index contributed by atoms with van der Waals surface area (Å²) in [5.74, 6) is 4.80. The molecule has 256 valence electrons. The number of anilines is 2. The average molecular weight is 685 g/mol. The molecule has 0 radical (unpaired) electrons. The molecule has 1 saturated heterocycles. The Morgan fingerprint density at radius 3 is 2.26 bits per heavy atom. The quantitative estimate of drug-likeness (QED) is 0.195. The first-order valence-corrected chi connectivity index (χ1v) is 17.4. The molecule has 1 aromatic heterocycles. The van der Waals surface area contributed by atoms with E-state index in [0.29, 0.717) is 35.4 Å². The zero-order chi connectivity index (χ0) is 34.0. The molecule has 2 fully saturated rings.